The first-order chi connectivity index (χ1) is 7.96. The summed E-state index contributed by atoms with van der Waals surface area (Å²) in [6.07, 6.45) is 4.65. The normalized spacial score (nSPS) is 22.4. The Morgan fingerprint density at radius 1 is 1.53 bits per heavy atom. The summed E-state index contributed by atoms with van der Waals surface area (Å²) < 4.78 is 0. The van der Waals surface area contributed by atoms with Crippen LogP contribution in [0.5, 0.6) is 0 Å². The Hall–Kier alpha value is -1.58. The van der Waals surface area contributed by atoms with Crippen LogP contribution in [0, 0.1) is 5.41 Å². The van der Waals surface area contributed by atoms with Gasteiger partial charge in [-0.3, -0.25) is 9.59 Å². The number of carbonyl (C=O) groups excluding carboxylic acids is 1. The van der Waals surface area contributed by atoms with Gasteiger partial charge in [0.05, 0.1) is 0 Å². The van der Waals surface area contributed by atoms with E-state index in [2.05, 4.69) is 24.1 Å². The monoisotopic (exact) mass is 234 g/mol. The lowest BCUT2D eigenvalue weighted by atomic mass is 9.92. The molecule has 0 bridgehead atoms. The van der Waals surface area contributed by atoms with E-state index in [1.807, 2.05) is 0 Å². The molecule has 0 aromatic carbocycles. The molecule has 2 rings (SSSR count). The van der Waals surface area contributed by atoms with Crippen molar-refractivity contribution in [3.8, 4) is 0 Å². The molecule has 92 valence electrons. The number of rotatable bonds is 2. The number of carbonyl (C=O) groups is 1. The van der Waals surface area contributed by atoms with Crippen LogP contribution in [-0.4, -0.2) is 16.9 Å². The molecule has 0 spiro atoms. The third-order valence-electron chi connectivity index (χ3n) is 3.34. The van der Waals surface area contributed by atoms with Gasteiger partial charge in [-0.15, -0.1) is 0 Å². The van der Waals surface area contributed by atoms with E-state index in [0.29, 0.717) is 11.0 Å². The van der Waals surface area contributed by atoms with Crippen LogP contribution >= 0.6 is 0 Å². The van der Waals surface area contributed by atoms with Gasteiger partial charge in [0.25, 0.3) is 5.91 Å². The molecule has 4 nitrogen and oxygen atoms in total. The Balaban J connectivity index is 2.01. The molecule has 1 unspecified atom stereocenters. The Kier molecular flexibility index (Phi) is 3.05. The number of H-pyrrole nitrogens is 1. The predicted molar refractivity (Wildman–Crippen MR) is 65.9 cm³/mol. The summed E-state index contributed by atoms with van der Waals surface area (Å²) in [6, 6.07) is 3.18. The molecule has 1 amide bonds. The Morgan fingerprint density at radius 3 is 2.88 bits per heavy atom. The van der Waals surface area contributed by atoms with Gasteiger partial charge in [0, 0.05) is 23.9 Å². The number of pyridine rings is 1. The Bertz CT molecular complexity index is 476. The van der Waals surface area contributed by atoms with Crippen molar-refractivity contribution in [3.05, 3.63) is 34.2 Å². The molecular weight excluding hydrogens is 216 g/mol. The van der Waals surface area contributed by atoms with Gasteiger partial charge in [-0.25, -0.2) is 0 Å². The van der Waals surface area contributed by atoms with Crippen molar-refractivity contribution in [2.45, 2.75) is 39.2 Å². The van der Waals surface area contributed by atoms with Crippen LogP contribution in [0.25, 0.3) is 0 Å². The Morgan fingerprint density at radius 2 is 2.29 bits per heavy atom. The molecule has 1 aliphatic rings. The van der Waals surface area contributed by atoms with Gasteiger partial charge in [-0.1, -0.05) is 13.8 Å². The molecule has 1 aromatic heterocycles. The highest BCUT2D eigenvalue weighted by Gasteiger charge is 2.31. The molecule has 0 radical (unpaired) electrons. The first-order valence-corrected chi connectivity index (χ1v) is 5.96. The summed E-state index contributed by atoms with van der Waals surface area (Å²) in [5.41, 5.74) is 0.495. The van der Waals surface area contributed by atoms with Gasteiger partial charge in [-0.05, 0) is 30.7 Å². The molecule has 1 fully saturated rings. The zero-order valence-corrected chi connectivity index (χ0v) is 10.2. The zero-order chi connectivity index (χ0) is 12.5. The molecule has 0 aliphatic heterocycles. The summed E-state index contributed by atoms with van der Waals surface area (Å²) >= 11 is 0. The molecule has 4 heteroatoms. The van der Waals surface area contributed by atoms with Crippen molar-refractivity contribution >= 4 is 5.91 Å². The van der Waals surface area contributed by atoms with Crippen LogP contribution in [0.15, 0.2) is 23.1 Å². The molecule has 2 N–H and O–H groups in total. The van der Waals surface area contributed by atoms with Gasteiger partial charge in [0.1, 0.15) is 0 Å². The van der Waals surface area contributed by atoms with E-state index in [1.165, 1.54) is 12.3 Å². The average Bonchev–Trinajstić information content (AvgIpc) is 2.58. The molecule has 0 saturated heterocycles. The molecule has 1 heterocycles. The second-order valence-corrected chi connectivity index (χ2v) is 5.52. The average molecular weight is 234 g/mol. The highest BCUT2D eigenvalue weighted by molar-refractivity contribution is 5.94. The lowest BCUT2D eigenvalue weighted by Crippen LogP contribution is -2.34. The highest BCUT2D eigenvalue weighted by Crippen LogP contribution is 2.36. The smallest absolute Gasteiger partial charge is 0.251 e. The van der Waals surface area contributed by atoms with Crippen molar-refractivity contribution in [3.63, 3.8) is 0 Å². The van der Waals surface area contributed by atoms with E-state index in [9.17, 15) is 9.59 Å². The fourth-order valence-electron chi connectivity index (χ4n) is 2.41. The predicted octanol–water partition coefficient (Wildman–Crippen LogP) is 1.68. The van der Waals surface area contributed by atoms with E-state index < -0.39 is 0 Å². The maximum absolute atomic E-state index is 11.9. The first-order valence-electron chi connectivity index (χ1n) is 5.96. The van der Waals surface area contributed by atoms with E-state index in [0.717, 1.165) is 19.3 Å². The van der Waals surface area contributed by atoms with E-state index in [-0.39, 0.29) is 17.5 Å². The Labute approximate surface area is 100 Å². The van der Waals surface area contributed by atoms with Gasteiger partial charge in [-0.2, -0.15) is 0 Å². The summed E-state index contributed by atoms with van der Waals surface area (Å²) in [5, 5.41) is 2.99. The lowest BCUT2D eigenvalue weighted by Gasteiger charge is -2.17. The molecular formula is C13H18N2O2. The van der Waals surface area contributed by atoms with Crippen LogP contribution in [0.2, 0.25) is 0 Å². The third-order valence-corrected chi connectivity index (χ3v) is 3.34. The van der Waals surface area contributed by atoms with Crippen molar-refractivity contribution in [2.75, 3.05) is 0 Å². The minimum Gasteiger partial charge on any atom is -0.349 e. The van der Waals surface area contributed by atoms with Crippen LogP contribution in [0.1, 0.15) is 43.5 Å². The quantitative estimate of drug-likeness (QED) is 0.818. The topological polar surface area (TPSA) is 62.0 Å². The van der Waals surface area contributed by atoms with E-state index in [1.54, 1.807) is 6.07 Å². The number of nitrogens with one attached hydrogen (secondary N) is 2. The van der Waals surface area contributed by atoms with Crippen LogP contribution < -0.4 is 10.9 Å². The molecule has 1 aromatic rings. The SMILES string of the molecule is CC1(C)CCC(NC(=O)c2cc[nH]c(=O)c2)C1. The summed E-state index contributed by atoms with van der Waals surface area (Å²) in [7, 11) is 0. The van der Waals surface area contributed by atoms with Crippen molar-refractivity contribution in [1.82, 2.24) is 10.3 Å². The van der Waals surface area contributed by atoms with Gasteiger partial charge in [0.2, 0.25) is 5.56 Å². The number of aromatic amines is 1. The van der Waals surface area contributed by atoms with Crippen molar-refractivity contribution < 1.29 is 4.79 Å². The molecule has 1 saturated carbocycles. The zero-order valence-electron chi connectivity index (χ0n) is 10.2. The summed E-state index contributed by atoms with van der Waals surface area (Å²) in [4.78, 5) is 25.5. The minimum atomic E-state index is -0.246. The molecule has 17 heavy (non-hydrogen) atoms. The fraction of sp³-hybridized carbons (Fsp3) is 0.538. The van der Waals surface area contributed by atoms with Crippen LogP contribution in [-0.2, 0) is 0 Å². The molecule has 1 atom stereocenters. The second-order valence-electron chi connectivity index (χ2n) is 5.52. The van der Waals surface area contributed by atoms with Gasteiger partial charge in [0.15, 0.2) is 0 Å². The maximum atomic E-state index is 11.9. The third kappa shape index (κ3) is 2.96. The summed E-state index contributed by atoms with van der Waals surface area (Å²) in [6.45, 7) is 4.43. The van der Waals surface area contributed by atoms with E-state index >= 15 is 0 Å². The standard InChI is InChI=1S/C13H18N2O2/c1-13(2)5-3-10(8-13)15-12(17)9-4-6-14-11(16)7-9/h4,6-7,10H,3,5,8H2,1-2H3,(H,14,16)(H,15,17). The second kappa shape index (κ2) is 4.35. The largest absolute Gasteiger partial charge is 0.349 e. The number of hydrogen-bond acceptors (Lipinski definition) is 2. The number of hydrogen-bond donors (Lipinski definition) is 2. The lowest BCUT2D eigenvalue weighted by molar-refractivity contribution is 0.0936. The fourth-order valence-corrected chi connectivity index (χ4v) is 2.41. The number of amides is 1. The number of aromatic nitrogens is 1. The highest BCUT2D eigenvalue weighted by atomic mass is 16.2. The first kappa shape index (κ1) is 11.9. The maximum Gasteiger partial charge on any atom is 0.251 e. The van der Waals surface area contributed by atoms with E-state index in [4.69, 9.17) is 0 Å². The minimum absolute atomic E-state index is 0.154. The van der Waals surface area contributed by atoms with Crippen LogP contribution in [0.3, 0.4) is 0 Å². The summed E-state index contributed by atoms with van der Waals surface area (Å²) in [5.74, 6) is -0.154. The van der Waals surface area contributed by atoms with Crippen molar-refractivity contribution in [1.29, 1.82) is 0 Å². The molecule has 1 aliphatic carbocycles. The van der Waals surface area contributed by atoms with Gasteiger partial charge >= 0.3 is 0 Å². The van der Waals surface area contributed by atoms with Gasteiger partial charge < -0.3 is 10.3 Å². The van der Waals surface area contributed by atoms with Crippen molar-refractivity contribution in [2.24, 2.45) is 5.41 Å². The van der Waals surface area contributed by atoms with Crippen LogP contribution in [0.4, 0.5) is 0 Å².